The molecule has 0 aliphatic carbocycles. The van der Waals surface area contributed by atoms with Crippen LogP contribution in [-0.4, -0.2) is 20.2 Å². The van der Waals surface area contributed by atoms with Crippen molar-refractivity contribution in [1.29, 1.82) is 0 Å². The predicted octanol–water partition coefficient (Wildman–Crippen LogP) is 1.93. The van der Waals surface area contributed by atoms with Crippen molar-refractivity contribution < 1.29 is 8.42 Å². The molecule has 2 atom stereocenters. The minimum absolute atomic E-state index is 0.248. The van der Waals surface area contributed by atoms with E-state index >= 15 is 0 Å². The molecule has 1 aromatic rings. The number of thioether (sulfide) groups is 1. The van der Waals surface area contributed by atoms with Crippen LogP contribution in [0.3, 0.4) is 0 Å². The molecule has 96 valence electrons. The number of thiophene rings is 1. The van der Waals surface area contributed by atoms with Gasteiger partial charge in [-0.15, -0.1) is 23.1 Å². The smallest absolute Gasteiger partial charge is 0.247 e. The summed E-state index contributed by atoms with van der Waals surface area (Å²) in [5.74, 6) is 0. The molecule has 0 spiro atoms. The van der Waals surface area contributed by atoms with Crippen molar-refractivity contribution in [3.05, 3.63) is 11.6 Å². The molecule has 0 amide bonds. The van der Waals surface area contributed by atoms with E-state index in [2.05, 4.69) is 19.2 Å². The summed E-state index contributed by atoms with van der Waals surface area (Å²) >= 11 is 3.02. The second kappa shape index (κ2) is 4.89. The van der Waals surface area contributed by atoms with Crippen LogP contribution >= 0.6 is 23.1 Å². The number of fused-ring (bicyclic) bond motifs is 1. The van der Waals surface area contributed by atoms with E-state index in [4.69, 9.17) is 5.14 Å². The van der Waals surface area contributed by atoms with Crippen LogP contribution in [-0.2, 0) is 10.0 Å². The zero-order valence-electron chi connectivity index (χ0n) is 9.76. The molecular formula is C10H16N2O2S3. The Morgan fingerprint density at radius 2 is 2.29 bits per heavy atom. The fourth-order valence-corrected chi connectivity index (χ4v) is 5.77. The van der Waals surface area contributed by atoms with Crippen molar-refractivity contribution in [2.75, 3.05) is 6.54 Å². The summed E-state index contributed by atoms with van der Waals surface area (Å²) in [7, 11) is -3.58. The second-order valence-electron chi connectivity index (χ2n) is 4.13. The van der Waals surface area contributed by atoms with Crippen molar-refractivity contribution in [2.45, 2.75) is 40.0 Å². The van der Waals surface area contributed by atoms with Crippen molar-refractivity contribution in [2.24, 2.45) is 5.14 Å². The number of nitrogens with one attached hydrogen (secondary N) is 1. The molecule has 0 saturated carbocycles. The van der Waals surface area contributed by atoms with Gasteiger partial charge in [0, 0.05) is 11.3 Å². The molecule has 0 saturated heterocycles. The number of rotatable bonds is 3. The first kappa shape index (κ1) is 13.4. The third kappa shape index (κ3) is 2.85. The van der Waals surface area contributed by atoms with Crippen LogP contribution in [0.15, 0.2) is 14.5 Å². The first-order valence-electron chi connectivity index (χ1n) is 5.48. The molecule has 7 heteroatoms. The van der Waals surface area contributed by atoms with Crippen molar-refractivity contribution >= 4 is 33.1 Å². The highest BCUT2D eigenvalue weighted by Gasteiger charge is 2.29. The Morgan fingerprint density at radius 1 is 1.59 bits per heavy atom. The number of hydrogen-bond acceptors (Lipinski definition) is 5. The zero-order valence-corrected chi connectivity index (χ0v) is 12.2. The maximum absolute atomic E-state index is 11.4. The lowest BCUT2D eigenvalue weighted by Crippen LogP contribution is -2.26. The minimum atomic E-state index is -3.58. The van der Waals surface area contributed by atoms with Gasteiger partial charge >= 0.3 is 0 Å². The lowest BCUT2D eigenvalue weighted by Gasteiger charge is -2.27. The Bertz CT molecular complexity index is 510. The number of sulfonamides is 1. The molecular weight excluding hydrogens is 276 g/mol. The normalized spacial score (nSPS) is 24.6. The van der Waals surface area contributed by atoms with Crippen molar-refractivity contribution in [3.8, 4) is 0 Å². The minimum Gasteiger partial charge on any atom is -0.310 e. The Balaban J connectivity index is 2.41. The highest BCUT2D eigenvalue weighted by molar-refractivity contribution is 8.02. The summed E-state index contributed by atoms with van der Waals surface area (Å²) in [4.78, 5) is 0. The summed E-state index contributed by atoms with van der Waals surface area (Å²) in [5.41, 5.74) is 1.09. The fraction of sp³-hybridized carbons (Fsp3) is 0.600. The Kier molecular flexibility index (Phi) is 3.84. The maximum atomic E-state index is 11.4. The Labute approximate surface area is 110 Å². The van der Waals surface area contributed by atoms with Gasteiger partial charge in [-0.2, -0.15) is 0 Å². The van der Waals surface area contributed by atoms with Gasteiger partial charge in [0.2, 0.25) is 10.0 Å². The molecule has 1 aliphatic heterocycles. The van der Waals surface area contributed by atoms with Gasteiger partial charge < -0.3 is 5.32 Å². The summed E-state index contributed by atoms with van der Waals surface area (Å²) in [6, 6.07) is 1.97. The summed E-state index contributed by atoms with van der Waals surface area (Å²) < 4.78 is 24.1. The van der Waals surface area contributed by atoms with Crippen LogP contribution in [0, 0.1) is 0 Å². The molecule has 0 fully saturated rings. The zero-order chi connectivity index (χ0) is 12.6. The van der Waals surface area contributed by atoms with E-state index in [-0.39, 0.29) is 10.3 Å². The average Bonchev–Trinajstić information content (AvgIpc) is 2.61. The van der Waals surface area contributed by atoms with Gasteiger partial charge in [0.1, 0.15) is 4.21 Å². The van der Waals surface area contributed by atoms with Crippen LogP contribution in [0.5, 0.6) is 0 Å². The van der Waals surface area contributed by atoms with Gasteiger partial charge in [0.05, 0.1) is 4.21 Å². The van der Waals surface area contributed by atoms with E-state index in [1.807, 2.05) is 0 Å². The quantitative estimate of drug-likeness (QED) is 0.893. The molecule has 3 N–H and O–H groups in total. The van der Waals surface area contributed by atoms with Gasteiger partial charge in [-0.1, -0.05) is 13.8 Å². The first-order valence-corrected chi connectivity index (χ1v) is 8.72. The van der Waals surface area contributed by atoms with Crippen LogP contribution < -0.4 is 10.5 Å². The topological polar surface area (TPSA) is 72.2 Å². The number of primary sulfonamides is 1. The first-order chi connectivity index (χ1) is 7.91. The summed E-state index contributed by atoms with van der Waals surface area (Å²) in [5, 5.41) is 9.07. The van der Waals surface area contributed by atoms with Crippen molar-refractivity contribution in [1.82, 2.24) is 5.32 Å². The van der Waals surface area contributed by atoms with Crippen LogP contribution in [0.1, 0.15) is 31.9 Å². The predicted molar refractivity (Wildman–Crippen MR) is 72.0 cm³/mol. The van der Waals surface area contributed by atoms with Crippen LogP contribution in [0.25, 0.3) is 0 Å². The molecule has 1 aromatic heterocycles. The standard InChI is InChI=1S/C10H16N2O2S3/c1-3-12-8-4-6(2)15-10-7(8)5-9(16-10)17(11,13)14/h5-6,8,12H,3-4H2,1-2H3,(H2,11,13,14)/t6-,8?/m0/s1. The molecule has 0 bridgehead atoms. The highest BCUT2D eigenvalue weighted by atomic mass is 32.3. The molecule has 17 heavy (non-hydrogen) atoms. The van der Waals surface area contributed by atoms with E-state index in [1.54, 1.807) is 17.8 Å². The summed E-state index contributed by atoms with van der Waals surface area (Å²) in [6.07, 6.45) is 1.02. The molecule has 0 radical (unpaired) electrons. The third-order valence-electron chi connectivity index (χ3n) is 2.68. The molecule has 0 aromatic carbocycles. The van der Waals surface area contributed by atoms with E-state index in [9.17, 15) is 8.42 Å². The third-order valence-corrected chi connectivity index (χ3v) is 6.63. The number of hydrogen-bond donors (Lipinski definition) is 2. The number of nitrogens with two attached hydrogens (primary N) is 1. The molecule has 1 unspecified atom stereocenters. The summed E-state index contributed by atoms with van der Waals surface area (Å²) in [6.45, 7) is 5.09. The Morgan fingerprint density at radius 3 is 2.88 bits per heavy atom. The van der Waals surface area contributed by atoms with Crippen molar-refractivity contribution in [3.63, 3.8) is 0 Å². The maximum Gasteiger partial charge on any atom is 0.247 e. The van der Waals surface area contributed by atoms with E-state index in [0.717, 1.165) is 22.7 Å². The van der Waals surface area contributed by atoms with Gasteiger partial charge in [0.25, 0.3) is 0 Å². The molecule has 2 rings (SSSR count). The molecule has 1 aliphatic rings. The highest BCUT2D eigenvalue weighted by Crippen LogP contribution is 2.46. The van der Waals surface area contributed by atoms with Gasteiger partial charge in [-0.25, -0.2) is 13.6 Å². The van der Waals surface area contributed by atoms with E-state index in [1.165, 1.54) is 11.3 Å². The second-order valence-corrected chi connectivity index (χ2v) is 8.68. The lowest BCUT2D eigenvalue weighted by atomic mass is 10.1. The largest absolute Gasteiger partial charge is 0.310 e. The Hall–Kier alpha value is -0.0800. The van der Waals surface area contributed by atoms with Gasteiger partial charge in [-0.3, -0.25) is 0 Å². The molecule has 2 heterocycles. The fourth-order valence-electron chi connectivity index (χ4n) is 1.97. The average molecular weight is 292 g/mol. The SMILES string of the molecule is CCNC1C[C@H](C)Sc2sc(S(N)(=O)=O)cc21. The van der Waals surface area contributed by atoms with Gasteiger partial charge in [-0.05, 0) is 24.6 Å². The van der Waals surface area contributed by atoms with Crippen LogP contribution in [0.4, 0.5) is 0 Å². The lowest BCUT2D eigenvalue weighted by molar-refractivity contribution is 0.503. The van der Waals surface area contributed by atoms with E-state index in [0.29, 0.717) is 5.25 Å². The van der Waals surface area contributed by atoms with Crippen LogP contribution in [0.2, 0.25) is 0 Å². The van der Waals surface area contributed by atoms with Gasteiger partial charge in [0.15, 0.2) is 0 Å². The van der Waals surface area contributed by atoms with E-state index < -0.39 is 10.0 Å². The monoisotopic (exact) mass is 292 g/mol. The molecule has 4 nitrogen and oxygen atoms in total.